The molecule has 0 atom stereocenters. The molecule has 0 aliphatic carbocycles. The third kappa shape index (κ3) is 4.78. The van der Waals surface area contributed by atoms with Gasteiger partial charge in [-0.25, -0.2) is 9.97 Å². The molecule has 2 N–H and O–H groups in total. The molecule has 1 aromatic carbocycles. The summed E-state index contributed by atoms with van der Waals surface area (Å²) in [6.07, 6.45) is 5.33. The Balaban J connectivity index is 1.41. The summed E-state index contributed by atoms with van der Waals surface area (Å²) in [6.45, 7) is 4.16. The Bertz CT molecular complexity index is 740. The predicted octanol–water partition coefficient (Wildman–Crippen LogP) is 1.76. The average molecular weight is 353 g/mol. The third-order valence-corrected chi connectivity index (χ3v) is 4.52. The highest BCUT2D eigenvalue weighted by Gasteiger charge is 2.22. The van der Waals surface area contributed by atoms with E-state index in [-0.39, 0.29) is 0 Å². The molecule has 1 aromatic heterocycles. The molecule has 1 fully saturated rings. The second-order valence-electron chi connectivity index (χ2n) is 6.51. The zero-order valence-electron chi connectivity index (χ0n) is 14.8. The van der Waals surface area contributed by atoms with Gasteiger partial charge in [0.05, 0.1) is 0 Å². The molecule has 2 heterocycles. The first kappa shape index (κ1) is 17.8. The molecule has 0 radical (unpaired) electrons. The number of aryl methyl sites for hydroxylation is 1. The highest BCUT2D eigenvalue weighted by molar-refractivity contribution is 6.39. The van der Waals surface area contributed by atoms with Crippen LogP contribution >= 0.6 is 0 Å². The SMILES string of the molecule is Cc1ccc(NC(=O)C(=O)NCC2CCN(c3ncccn3)CC2)cc1. The zero-order valence-corrected chi connectivity index (χ0v) is 14.8. The van der Waals surface area contributed by atoms with E-state index >= 15 is 0 Å². The molecule has 3 rings (SSSR count). The van der Waals surface area contributed by atoms with E-state index in [2.05, 4.69) is 25.5 Å². The maximum atomic E-state index is 12.0. The van der Waals surface area contributed by atoms with E-state index in [0.717, 1.165) is 37.4 Å². The summed E-state index contributed by atoms with van der Waals surface area (Å²) < 4.78 is 0. The molecule has 26 heavy (non-hydrogen) atoms. The second-order valence-corrected chi connectivity index (χ2v) is 6.51. The van der Waals surface area contributed by atoms with Gasteiger partial charge >= 0.3 is 11.8 Å². The Kier molecular flexibility index (Phi) is 5.78. The van der Waals surface area contributed by atoms with Crippen molar-refractivity contribution in [3.05, 3.63) is 48.3 Å². The van der Waals surface area contributed by atoms with Gasteiger partial charge in [0, 0.05) is 37.7 Å². The summed E-state index contributed by atoms with van der Waals surface area (Å²) in [7, 11) is 0. The highest BCUT2D eigenvalue weighted by Crippen LogP contribution is 2.19. The lowest BCUT2D eigenvalue weighted by Crippen LogP contribution is -2.42. The minimum absolute atomic E-state index is 0.353. The van der Waals surface area contributed by atoms with E-state index in [4.69, 9.17) is 0 Å². The number of rotatable bonds is 4. The van der Waals surface area contributed by atoms with Gasteiger partial charge in [-0.1, -0.05) is 17.7 Å². The highest BCUT2D eigenvalue weighted by atomic mass is 16.2. The van der Waals surface area contributed by atoms with Crippen LogP contribution in [0.1, 0.15) is 18.4 Å². The van der Waals surface area contributed by atoms with Gasteiger partial charge in [0.25, 0.3) is 0 Å². The first-order chi connectivity index (χ1) is 12.6. The number of nitrogens with zero attached hydrogens (tertiary/aromatic N) is 3. The van der Waals surface area contributed by atoms with Crippen LogP contribution in [0.4, 0.5) is 11.6 Å². The van der Waals surface area contributed by atoms with E-state index < -0.39 is 11.8 Å². The topological polar surface area (TPSA) is 87.2 Å². The number of carbonyl (C=O) groups excluding carboxylic acids is 2. The van der Waals surface area contributed by atoms with Crippen LogP contribution in [0.15, 0.2) is 42.7 Å². The summed E-state index contributed by atoms with van der Waals surface area (Å²) in [5, 5.41) is 5.35. The van der Waals surface area contributed by atoms with Crippen LogP contribution < -0.4 is 15.5 Å². The Hall–Kier alpha value is -2.96. The van der Waals surface area contributed by atoms with Crippen LogP contribution in [0.25, 0.3) is 0 Å². The fourth-order valence-corrected chi connectivity index (χ4v) is 2.93. The summed E-state index contributed by atoms with van der Waals surface area (Å²) in [4.78, 5) is 34.6. The van der Waals surface area contributed by atoms with Gasteiger partial charge in [-0.2, -0.15) is 0 Å². The van der Waals surface area contributed by atoms with Crippen LogP contribution in [0.5, 0.6) is 0 Å². The molecule has 2 aromatic rings. The molecular weight excluding hydrogens is 330 g/mol. The van der Waals surface area contributed by atoms with Crippen molar-refractivity contribution in [1.82, 2.24) is 15.3 Å². The van der Waals surface area contributed by atoms with Gasteiger partial charge in [-0.05, 0) is 43.9 Å². The number of amides is 2. The van der Waals surface area contributed by atoms with Crippen molar-refractivity contribution in [3.8, 4) is 0 Å². The Labute approximate surface area is 152 Å². The van der Waals surface area contributed by atoms with Crippen molar-refractivity contribution >= 4 is 23.5 Å². The van der Waals surface area contributed by atoms with Gasteiger partial charge < -0.3 is 15.5 Å². The van der Waals surface area contributed by atoms with Crippen molar-refractivity contribution < 1.29 is 9.59 Å². The van der Waals surface area contributed by atoms with E-state index in [1.54, 1.807) is 30.6 Å². The zero-order chi connectivity index (χ0) is 18.4. The number of hydrogen-bond acceptors (Lipinski definition) is 5. The lowest BCUT2D eigenvalue weighted by Gasteiger charge is -2.31. The van der Waals surface area contributed by atoms with Crippen LogP contribution in [0, 0.1) is 12.8 Å². The first-order valence-corrected chi connectivity index (χ1v) is 8.79. The van der Waals surface area contributed by atoms with Gasteiger partial charge in [0.15, 0.2) is 0 Å². The first-order valence-electron chi connectivity index (χ1n) is 8.79. The molecule has 7 nitrogen and oxygen atoms in total. The van der Waals surface area contributed by atoms with Crippen molar-refractivity contribution in [1.29, 1.82) is 0 Å². The lowest BCUT2D eigenvalue weighted by molar-refractivity contribution is -0.136. The molecule has 2 amide bonds. The number of carbonyl (C=O) groups is 2. The fourth-order valence-electron chi connectivity index (χ4n) is 2.93. The molecule has 7 heteroatoms. The number of anilines is 2. The van der Waals surface area contributed by atoms with Crippen molar-refractivity contribution in [3.63, 3.8) is 0 Å². The lowest BCUT2D eigenvalue weighted by atomic mass is 9.97. The quantitative estimate of drug-likeness (QED) is 0.818. The van der Waals surface area contributed by atoms with E-state index in [0.29, 0.717) is 18.2 Å². The molecule has 0 saturated carbocycles. The third-order valence-electron chi connectivity index (χ3n) is 4.52. The molecule has 0 unspecified atom stereocenters. The fraction of sp³-hybridized carbons (Fsp3) is 0.368. The number of hydrogen-bond donors (Lipinski definition) is 2. The van der Waals surface area contributed by atoms with Gasteiger partial charge in [0.2, 0.25) is 5.95 Å². The molecule has 1 aliphatic heterocycles. The molecule has 1 saturated heterocycles. The van der Waals surface area contributed by atoms with Crippen LogP contribution in [-0.4, -0.2) is 41.4 Å². The number of piperidine rings is 1. The van der Waals surface area contributed by atoms with Crippen molar-refractivity contribution in [2.45, 2.75) is 19.8 Å². The average Bonchev–Trinajstić information content (AvgIpc) is 2.69. The van der Waals surface area contributed by atoms with Crippen LogP contribution in [0.3, 0.4) is 0 Å². The van der Waals surface area contributed by atoms with Gasteiger partial charge in [0.1, 0.15) is 0 Å². The van der Waals surface area contributed by atoms with Gasteiger partial charge in [-0.15, -0.1) is 0 Å². The predicted molar refractivity (Wildman–Crippen MR) is 99.8 cm³/mol. The van der Waals surface area contributed by atoms with Crippen LogP contribution in [0.2, 0.25) is 0 Å². The van der Waals surface area contributed by atoms with E-state index in [1.807, 2.05) is 19.1 Å². The largest absolute Gasteiger partial charge is 0.348 e. The molecule has 0 bridgehead atoms. The van der Waals surface area contributed by atoms with E-state index in [1.165, 1.54) is 0 Å². The molecule has 0 spiro atoms. The van der Waals surface area contributed by atoms with Gasteiger partial charge in [-0.3, -0.25) is 9.59 Å². The summed E-state index contributed by atoms with van der Waals surface area (Å²) in [5.41, 5.74) is 1.71. The summed E-state index contributed by atoms with van der Waals surface area (Å²) >= 11 is 0. The Morgan fingerprint density at radius 1 is 1.08 bits per heavy atom. The summed E-state index contributed by atoms with van der Waals surface area (Å²) in [6, 6.07) is 9.13. The number of nitrogens with one attached hydrogen (secondary N) is 2. The number of aromatic nitrogens is 2. The maximum absolute atomic E-state index is 12.0. The normalized spacial score (nSPS) is 14.7. The van der Waals surface area contributed by atoms with E-state index in [9.17, 15) is 9.59 Å². The Morgan fingerprint density at radius 2 is 1.73 bits per heavy atom. The minimum Gasteiger partial charge on any atom is -0.348 e. The Morgan fingerprint density at radius 3 is 2.38 bits per heavy atom. The molecule has 136 valence electrons. The standard InChI is InChI=1S/C19H23N5O2/c1-14-3-5-16(6-4-14)23-18(26)17(25)22-13-15-7-11-24(12-8-15)19-20-9-2-10-21-19/h2-6,9-10,15H,7-8,11-13H2,1H3,(H,22,25)(H,23,26). The summed E-state index contributed by atoms with van der Waals surface area (Å²) in [5.74, 6) is -0.137. The molecular formula is C19H23N5O2. The second kappa shape index (κ2) is 8.42. The number of benzene rings is 1. The monoisotopic (exact) mass is 353 g/mol. The molecule has 1 aliphatic rings. The minimum atomic E-state index is -0.635. The van der Waals surface area contributed by atoms with Crippen LogP contribution in [-0.2, 0) is 9.59 Å². The van der Waals surface area contributed by atoms with Crippen molar-refractivity contribution in [2.24, 2.45) is 5.92 Å². The van der Waals surface area contributed by atoms with Crippen molar-refractivity contribution in [2.75, 3.05) is 29.9 Å². The maximum Gasteiger partial charge on any atom is 0.313 e. The smallest absolute Gasteiger partial charge is 0.313 e.